The highest BCUT2D eigenvalue weighted by molar-refractivity contribution is 5.84. The predicted octanol–water partition coefficient (Wildman–Crippen LogP) is 14.9. The summed E-state index contributed by atoms with van der Waals surface area (Å²) in [5.74, 6) is -0.105. The number of ketones is 5. The van der Waals surface area contributed by atoms with Crippen LogP contribution in [0.25, 0.3) is 0 Å². The molecule has 0 radical (unpaired) electrons. The smallest absolute Gasteiger partial charge is 0.305 e. The molecule has 131 heavy (non-hydrogen) atoms. The monoisotopic (exact) mass is 1800 g/mol. The van der Waals surface area contributed by atoms with Crippen LogP contribution in [0.3, 0.4) is 0 Å². The van der Waals surface area contributed by atoms with Crippen molar-refractivity contribution in [2.75, 3.05) is 6.67 Å². The molecule has 5 unspecified atom stereocenters. The molecular weight excluding hydrogens is 1710 g/mol. The van der Waals surface area contributed by atoms with E-state index in [0.29, 0.717) is 95.7 Å². The van der Waals surface area contributed by atoms with E-state index in [0.717, 1.165) is 52.2 Å². The number of alkyl halides is 4. The van der Waals surface area contributed by atoms with E-state index in [1.165, 1.54) is 62.6 Å². The second-order valence-corrected chi connectivity index (χ2v) is 30.8. The average molecular weight is 1800 g/mol. The SMILES string of the molecule is C.CC(Cc1ccc(C(F)(F)F)cc1)[n+]1cc(CC(=O)Cc2ncccn2)on1.CC(Cc1ccc(F)cc1)[n+]1cc(CC(=O)Cc2ccccn2)on1.CC(Cc1ccc(F)cc1F)[n+]1cc(CC(=O)Cc2ccccn2)on1.CC(Cc1ccc(F)cc1F)[n+]1cc(CC(=O)Cc2ccccn2)on1.O=C(Cc1ccccc1)Cc1c[n+](C(CF)Cc2ccccc2)no1. The zero-order valence-electron chi connectivity index (χ0n) is 71.3. The topological polar surface area (TPSA) is 299 Å². The lowest BCUT2D eigenvalue weighted by atomic mass is 10.1. The number of hydrogen-bond acceptors (Lipinski definition) is 20. The molecule has 0 amide bonds. The van der Waals surface area contributed by atoms with Gasteiger partial charge in [0.15, 0.2) is 57.2 Å². The molecule has 6 aromatic carbocycles. The van der Waals surface area contributed by atoms with Gasteiger partial charge in [0.2, 0.25) is 65.8 Å². The quantitative estimate of drug-likeness (QED) is 0.0260. The third-order valence-electron chi connectivity index (χ3n) is 20.0. The fourth-order valence-electron chi connectivity index (χ4n) is 13.3. The summed E-state index contributed by atoms with van der Waals surface area (Å²) in [7, 11) is 0. The summed E-state index contributed by atoms with van der Waals surface area (Å²) in [5, 5.41) is 19.6. The Morgan fingerprint density at radius 1 is 0.321 bits per heavy atom. The summed E-state index contributed by atoms with van der Waals surface area (Å²) in [6, 6.07) is 54.6. The maximum atomic E-state index is 13.8. The van der Waals surface area contributed by atoms with Crippen molar-refractivity contribution in [3.8, 4) is 0 Å². The Hall–Kier alpha value is -14.7. The molecule has 9 aromatic heterocycles. The predicted molar refractivity (Wildman–Crippen MR) is 453 cm³/mol. The third-order valence-corrected chi connectivity index (χ3v) is 20.0. The summed E-state index contributed by atoms with van der Waals surface area (Å²) in [4.78, 5) is 81.0. The van der Waals surface area contributed by atoms with E-state index >= 15 is 0 Å². The number of Topliss-reactive ketones (excluding diaryl/α,β-unsaturated/α-hetero) is 5. The molecule has 678 valence electrons. The van der Waals surface area contributed by atoms with Gasteiger partial charge in [-0.1, -0.05) is 123 Å². The molecule has 0 saturated heterocycles. The number of pyridine rings is 3. The first-order valence-corrected chi connectivity index (χ1v) is 41.5. The summed E-state index contributed by atoms with van der Waals surface area (Å²) in [6.07, 6.45) is 16.1. The average Bonchev–Trinajstić information content (AvgIpc) is 1.80. The maximum Gasteiger partial charge on any atom is 0.416 e. The zero-order valence-corrected chi connectivity index (χ0v) is 71.3. The number of nitrogens with zero attached hydrogens (tertiary/aromatic N) is 15. The molecule has 0 bridgehead atoms. The van der Waals surface area contributed by atoms with Crippen molar-refractivity contribution in [1.82, 2.24) is 51.3 Å². The number of halogens is 9. The summed E-state index contributed by atoms with van der Waals surface area (Å²) in [6.45, 7) is 6.98. The molecule has 0 saturated carbocycles. The maximum absolute atomic E-state index is 13.8. The van der Waals surface area contributed by atoms with Crippen molar-refractivity contribution in [2.24, 2.45) is 0 Å². The Morgan fingerprint density at radius 2 is 0.634 bits per heavy atom. The van der Waals surface area contributed by atoms with E-state index in [-0.39, 0.29) is 124 Å². The fourth-order valence-corrected chi connectivity index (χ4v) is 13.3. The number of hydrogen-bond donors (Lipinski definition) is 0. The van der Waals surface area contributed by atoms with E-state index < -0.39 is 47.7 Å². The van der Waals surface area contributed by atoms with Gasteiger partial charge in [-0.25, -0.2) is 36.3 Å². The van der Waals surface area contributed by atoms with E-state index in [2.05, 4.69) is 51.3 Å². The number of carbonyl (C=O) groups excluding carboxylic acids is 5. The lowest BCUT2D eigenvalue weighted by Crippen LogP contribution is -2.43. The minimum absolute atomic E-state index is 0. The van der Waals surface area contributed by atoms with Crippen LogP contribution in [-0.4, -0.2) is 86.9 Å². The van der Waals surface area contributed by atoms with Crippen LogP contribution in [0.1, 0.15) is 156 Å². The first-order valence-electron chi connectivity index (χ1n) is 41.5. The summed E-state index contributed by atoms with van der Waals surface area (Å²) >= 11 is 0. The number of aromatic nitrogens is 15. The van der Waals surface area contributed by atoms with Crippen LogP contribution >= 0.6 is 0 Å². The minimum atomic E-state index is -4.35. The Labute approximate surface area is 748 Å². The molecule has 15 aromatic rings. The lowest BCUT2D eigenvalue weighted by molar-refractivity contribution is -0.785. The fraction of sp³-hybridized carbons (Fsp3) is 0.278. The molecule has 0 aliphatic rings. The van der Waals surface area contributed by atoms with Gasteiger partial charge in [0.1, 0.15) is 63.8 Å². The first kappa shape index (κ1) is 98.4. The van der Waals surface area contributed by atoms with Gasteiger partial charge in [-0.2, -0.15) is 13.2 Å². The second kappa shape index (κ2) is 49.6. The molecule has 0 spiro atoms. The van der Waals surface area contributed by atoms with Crippen molar-refractivity contribution in [3.05, 3.63) is 388 Å². The lowest BCUT2D eigenvalue weighted by Gasteiger charge is -2.08. The van der Waals surface area contributed by atoms with Crippen molar-refractivity contribution in [3.63, 3.8) is 0 Å². The molecule has 34 heteroatoms. The van der Waals surface area contributed by atoms with E-state index in [1.54, 1.807) is 114 Å². The highest BCUT2D eigenvalue weighted by Crippen LogP contribution is 2.30. The van der Waals surface area contributed by atoms with Crippen LogP contribution in [-0.2, 0) is 126 Å². The summed E-state index contributed by atoms with van der Waals surface area (Å²) < 4.78 is 152. The standard InChI is InChI=1S/C20H20FN2O2.C19H18F3N4O2.2C19H18F2N3O2.C19H19FN3O2.CH4/c21-14-18(11-16-7-3-1-4-8-16)23-15-20(25-22-23)13-19(24)12-17-9-5-2-6-10-17;1-13(9-14-3-5-15(6-4-14)19(20,21)22)26-12-17(28-25-26)10-16(27)11-18-23-7-2-8-24-18;2*1-13(8-14-5-6-15(20)9-19(14)21)24-12-18(26-23-24)11-17(25)10-16-4-2-3-7-22-16;1-14(10-15-5-7-16(20)8-6-15)23-13-19(25-22-23)12-18(24)11-17-4-2-3-9-21-17;/h1-10,15,18H,11-14H2;2-8,12-13H,9-11H2,1H3;2*2-7,9,12-13H,8,10-11H2,1H3;2-9,13-14H,10-12H2,1H3;1H4/q5*+1;. The Morgan fingerprint density at radius 3 is 0.992 bits per heavy atom. The van der Waals surface area contributed by atoms with E-state index in [9.17, 15) is 63.5 Å². The molecule has 0 aliphatic carbocycles. The van der Waals surface area contributed by atoms with Gasteiger partial charge in [0, 0.05) is 146 Å². The van der Waals surface area contributed by atoms with Crippen LogP contribution < -0.4 is 23.4 Å². The normalized spacial score (nSPS) is 12.1. The number of benzene rings is 6. The molecule has 0 N–H and O–H groups in total. The third kappa shape index (κ3) is 32.8. The van der Waals surface area contributed by atoms with Gasteiger partial charge >= 0.3 is 6.18 Å². The van der Waals surface area contributed by atoms with Gasteiger partial charge in [-0.15, -0.1) is 0 Å². The van der Waals surface area contributed by atoms with Crippen LogP contribution in [0.4, 0.5) is 39.5 Å². The van der Waals surface area contributed by atoms with Gasteiger partial charge in [-0.05, 0) is 136 Å². The van der Waals surface area contributed by atoms with Crippen molar-refractivity contribution < 1.29 is 110 Å². The Balaban J connectivity index is 0.000000170. The zero-order chi connectivity index (χ0) is 92.3. The molecule has 9 heterocycles. The minimum Gasteiger partial charge on any atom is -0.305 e. The Kier molecular flexibility index (Phi) is 37.2. The van der Waals surface area contributed by atoms with E-state index in [1.807, 2.05) is 119 Å². The second-order valence-electron chi connectivity index (χ2n) is 30.8. The van der Waals surface area contributed by atoms with Crippen LogP contribution in [0.5, 0.6) is 0 Å². The molecule has 15 rings (SSSR count). The van der Waals surface area contributed by atoms with Gasteiger partial charge in [0.05, 0.1) is 44.1 Å². The van der Waals surface area contributed by atoms with Crippen LogP contribution in [0, 0.1) is 29.1 Å². The number of rotatable bonds is 36. The van der Waals surface area contributed by atoms with Crippen LogP contribution in [0.15, 0.2) is 291 Å². The highest BCUT2D eigenvalue weighted by atomic mass is 19.4. The van der Waals surface area contributed by atoms with Crippen molar-refractivity contribution in [2.45, 2.75) is 168 Å². The highest BCUT2D eigenvalue weighted by Gasteiger charge is 2.32. The van der Waals surface area contributed by atoms with Gasteiger partial charge < -0.3 is 22.6 Å². The van der Waals surface area contributed by atoms with Gasteiger partial charge in [-0.3, -0.25) is 38.9 Å². The molecule has 0 fully saturated rings. The molecule has 5 atom stereocenters. The first-order chi connectivity index (χ1) is 62.7. The Bertz CT molecular complexity index is 5910. The van der Waals surface area contributed by atoms with Crippen LogP contribution in [0.2, 0.25) is 0 Å². The largest absolute Gasteiger partial charge is 0.416 e. The van der Waals surface area contributed by atoms with E-state index in [4.69, 9.17) is 22.6 Å². The summed E-state index contributed by atoms with van der Waals surface area (Å²) in [5.41, 5.74) is 5.99. The van der Waals surface area contributed by atoms with Gasteiger partial charge in [0.25, 0.3) is 0 Å². The number of carbonyl (C=O) groups is 5. The molecule has 25 nitrogen and oxygen atoms in total. The molecular formula is C97H97F9N15O10+5. The van der Waals surface area contributed by atoms with Crippen molar-refractivity contribution in [1.29, 1.82) is 0 Å². The molecule has 0 aliphatic heterocycles. The van der Waals surface area contributed by atoms with Crippen molar-refractivity contribution >= 4 is 28.9 Å².